The average molecular weight is 286 g/mol. The number of hydrogen-bond donors (Lipinski definition) is 1. The van der Waals surface area contributed by atoms with Crippen molar-refractivity contribution in [3.63, 3.8) is 0 Å². The maximum Gasteiger partial charge on any atom is 0.340 e. The Labute approximate surface area is 113 Å². The summed E-state index contributed by atoms with van der Waals surface area (Å²) in [7, 11) is -0.0455. The zero-order valence-electron chi connectivity index (χ0n) is 11.2. The van der Waals surface area contributed by atoms with Crippen LogP contribution in [-0.2, 0) is 14.6 Å². The van der Waals surface area contributed by atoms with Gasteiger partial charge in [0.25, 0.3) is 0 Å². The van der Waals surface area contributed by atoms with Gasteiger partial charge in [0.2, 0.25) is 0 Å². The normalized spacial score (nSPS) is 11.1. The lowest BCUT2D eigenvalue weighted by molar-refractivity contribution is 0.0602. The quantitative estimate of drug-likeness (QED) is 0.627. The van der Waals surface area contributed by atoms with Crippen molar-refractivity contribution in [1.29, 1.82) is 0 Å². The summed E-state index contributed by atoms with van der Waals surface area (Å²) >= 11 is 0. The van der Waals surface area contributed by atoms with Gasteiger partial charge in [-0.15, -0.1) is 0 Å². The maximum absolute atomic E-state index is 11.5. The molecule has 0 heterocycles. The fourth-order valence-corrected chi connectivity index (χ4v) is 2.20. The number of nitrogens with two attached hydrogens (primary N) is 1. The minimum atomic E-state index is -3.05. The second-order valence-electron chi connectivity index (χ2n) is 4.28. The number of carbonyl (C=O) groups excluding carboxylic acids is 1. The predicted octanol–water partition coefficient (Wildman–Crippen LogP) is 0.536. The van der Waals surface area contributed by atoms with E-state index in [-0.39, 0.29) is 17.0 Å². The Kier molecular flexibility index (Phi) is 4.77. The first kappa shape index (κ1) is 15.3. The lowest BCUT2D eigenvalue weighted by atomic mass is 10.1. The van der Waals surface area contributed by atoms with Crippen molar-refractivity contribution >= 4 is 27.2 Å². The third kappa shape index (κ3) is 4.13. The molecule has 1 rings (SSSR count). The van der Waals surface area contributed by atoms with E-state index in [0.717, 1.165) is 0 Å². The molecule has 2 N–H and O–H groups in total. The van der Waals surface area contributed by atoms with Gasteiger partial charge in [0.15, 0.2) is 0 Å². The fraction of sp³-hybridized carbons (Fsp3) is 0.417. The van der Waals surface area contributed by atoms with Crippen molar-refractivity contribution in [1.82, 2.24) is 0 Å². The Hall–Kier alpha value is -1.76. The summed E-state index contributed by atoms with van der Waals surface area (Å²) in [4.78, 5) is 13.2. The first-order valence-corrected chi connectivity index (χ1v) is 7.68. The van der Waals surface area contributed by atoms with Crippen LogP contribution in [0.4, 0.5) is 11.4 Å². The summed E-state index contributed by atoms with van der Waals surface area (Å²) in [6, 6.07) is 4.97. The van der Waals surface area contributed by atoms with E-state index in [0.29, 0.717) is 12.2 Å². The van der Waals surface area contributed by atoms with Gasteiger partial charge in [-0.2, -0.15) is 0 Å². The summed E-state index contributed by atoms with van der Waals surface area (Å²) in [5, 5.41) is 0. The molecule has 0 aliphatic rings. The topological polar surface area (TPSA) is 89.7 Å². The van der Waals surface area contributed by atoms with Crippen molar-refractivity contribution in [2.75, 3.05) is 43.3 Å². The highest BCUT2D eigenvalue weighted by atomic mass is 32.2. The van der Waals surface area contributed by atoms with Crippen LogP contribution < -0.4 is 10.6 Å². The number of nitrogen functional groups attached to an aromatic ring is 1. The van der Waals surface area contributed by atoms with Crippen LogP contribution in [-0.4, -0.2) is 47.1 Å². The van der Waals surface area contributed by atoms with Gasteiger partial charge in [-0.3, -0.25) is 0 Å². The van der Waals surface area contributed by atoms with E-state index < -0.39 is 15.8 Å². The molecule has 0 saturated carbocycles. The van der Waals surface area contributed by atoms with Crippen LogP contribution in [0.25, 0.3) is 0 Å². The third-order valence-corrected chi connectivity index (χ3v) is 3.62. The van der Waals surface area contributed by atoms with Crippen LogP contribution in [0.15, 0.2) is 18.2 Å². The van der Waals surface area contributed by atoms with E-state index >= 15 is 0 Å². The number of esters is 1. The van der Waals surface area contributed by atoms with Crippen molar-refractivity contribution in [3.8, 4) is 0 Å². The molecule has 0 aliphatic carbocycles. The Balaban J connectivity index is 2.98. The van der Waals surface area contributed by atoms with Crippen molar-refractivity contribution in [3.05, 3.63) is 23.8 Å². The van der Waals surface area contributed by atoms with Crippen LogP contribution in [0.5, 0.6) is 0 Å². The first-order chi connectivity index (χ1) is 8.76. The number of hydrogen-bond acceptors (Lipinski definition) is 6. The SMILES string of the molecule is COC(=O)c1cccc(N(C)CCS(C)(=O)=O)c1N. The average Bonchev–Trinajstić information content (AvgIpc) is 2.34. The zero-order valence-corrected chi connectivity index (χ0v) is 12.0. The number of benzene rings is 1. The maximum atomic E-state index is 11.5. The highest BCUT2D eigenvalue weighted by Gasteiger charge is 2.15. The zero-order chi connectivity index (χ0) is 14.6. The standard InChI is InChI=1S/C12H18N2O4S/c1-14(7-8-19(3,16)17)10-6-4-5-9(11(10)13)12(15)18-2/h4-6H,7-8,13H2,1-3H3. The largest absolute Gasteiger partial charge is 0.465 e. The van der Waals surface area contributed by atoms with Gasteiger partial charge in [0.1, 0.15) is 9.84 Å². The van der Waals surface area contributed by atoms with E-state index in [9.17, 15) is 13.2 Å². The van der Waals surface area contributed by atoms with Crippen molar-refractivity contribution in [2.45, 2.75) is 0 Å². The number of nitrogens with zero attached hydrogens (tertiary/aromatic N) is 1. The third-order valence-electron chi connectivity index (χ3n) is 2.70. The van der Waals surface area contributed by atoms with Crippen molar-refractivity contribution < 1.29 is 17.9 Å². The van der Waals surface area contributed by atoms with Gasteiger partial charge < -0.3 is 15.4 Å². The molecule has 0 amide bonds. The lowest BCUT2D eigenvalue weighted by Gasteiger charge is -2.21. The lowest BCUT2D eigenvalue weighted by Crippen LogP contribution is -2.26. The second kappa shape index (κ2) is 5.92. The molecule has 0 radical (unpaired) electrons. The molecule has 7 heteroatoms. The molecule has 0 bridgehead atoms. The Bertz CT molecular complexity index is 569. The van der Waals surface area contributed by atoms with Gasteiger partial charge in [-0.05, 0) is 12.1 Å². The number of rotatable bonds is 5. The number of para-hydroxylation sites is 1. The van der Waals surface area contributed by atoms with E-state index in [4.69, 9.17) is 5.73 Å². The molecule has 0 aliphatic heterocycles. The van der Waals surface area contributed by atoms with E-state index in [2.05, 4.69) is 4.74 Å². The summed E-state index contributed by atoms with van der Waals surface area (Å²) in [5.41, 5.74) is 7.06. The monoisotopic (exact) mass is 286 g/mol. The molecule has 106 valence electrons. The summed E-state index contributed by atoms with van der Waals surface area (Å²) in [6.07, 6.45) is 1.18. The molecule has 1 aromatic rings. The molecular weight excluding hydrogens is 268 g/mol. The van der Waals surface area contributed by atoms with Gasteiger partial charge in [-0.1, -0.05) is 6.07 Å². The Morgan fingerprint density at radius 2 is 2.05 bits per heavy atom. The first-order valence-electron chi connectivity index (χ1n) is 5.62. The highest BCUT2D eigenvalue weighted by molar-refractivity contribution is 7.90. The van der Waals surface area contributed by atoms with Crippen molar-refractivity contribution in [2.24, 2.45) is 0 Å². The molecule has 0 spiro atoms. The Morgan fingerprint density at radius 3 is 2.58 bits per heavy atom. The van der Waals surface area contributed by atoms with Gasteiger partial charge in [-0.25, -0.2) is 13.2 Å². The Morgan fingerprint density at radius 1 is 1.42 bits per heavy atom. The summed E-state index contributed by atoms with van der Waals surface area (Å²) < 4.78 is 26.9. The molecule has 0 fully saturated rings. The minimum Gasteiger partial charge on any atom is -0.465 e. The molecule has 19 heavy (non-hydrogen) atoms. The van der Waals surface area contributed by atoms with Gasteiger partial charge >= 0.3 is 5.97 Å². The molecule has 0 atom stereocenters. The predicted molar refractivity (Wildman–Crippen MR) is 75.2 cm³/mol. The number of sulfone groups is 1. The molecule has 6 nitrogen and oxygen atoms in total. The molecule has 1 aromatic carbocycles. The smallest absolute Gasteiger partial charge is 0.340 e. The summed E-state index contributed by atoms with van der Waals surface area (Å²) in [6.45, 7) is 0.299. The van der Waals surface area contributed by atoms with Crippen LogP contribution in [0.3, 0.4) is 0 Å². The number of anilines is 2. The van der Waals surface area contributed by atoms with Crippen LogP contribution in [0.1, 0.15) is 10.4 Å². The van der Waals surface area contributed by atoms with E-state index in [1.165, 1.54) is 13.4 Å². The van der Waals surface area contributed by atoms with Gasteiger partial charge in [0, 0.05) is 19.8 Å². The molecule has 0 aromatic heterocycles. The van der Waals surface area contributed by atoms with Crippen LogP contribution >= 0.6 is 0 Å². The minimum absolute atomic E-state index is 0.0192. The fourth-order valence-electron chi connectivity index (χ4n) is 1.60. The highest BCUT2D eigenvalue weighted by Crippen LogP contribution is 2.26. The van der Waals surface area contributed by atoms with Gasteiger partial charge in [0.05, 0.1) is 29.8 Å². The molecular formula is C12H18N2O4S. The van der Waals surface area contributed by atoms with Crippen LogP contribution in [0.2, 0.25) is 0 Å². The molecule has 0 unspecified atom stereocenters. The second-order valence-corrected chi connectivity index (χ2v) is 6.54. The van der Waals surface area contributed by atoms with Crippen LogP contribution in [0, 0.1) is 0 Å². The number of carbonyl (C=O) groups is 1. The van der Waals surface area contributed by atoms with E-state index in [1.807, 2.05) is 0 Å². The summed E-state index contributed by atoms with van der Waals surface area (Å²) in [5.74, 6) is -0.498. The number of ether oxygens (including phenoxy) is 1. The van der Waals surface area contributed by atoms with E-state index in [1.54, 1.807) is 30.1 Å². The number of methoxy groups -OCH3 is 1. The molecule has 0 saturated heterocycles.